The molecule has 0 spiro atoms. The molecule has 0 aromatic heterocycles. The number of halogens is 1. The predicted octanol–water partition coefficient (Wildman–Crippen LogP) is 9.23. The summed E-state index contributed by atoms with van der Waals surface area (Å²) in [6.45, 7) is 11.9. The van der Waals surface area contributed by atoms with Crippen molar-refractivity contribution in [3.05, 3.63) is 69.2 Å². The number of fused-ring (bicyclic) bond motifs is 1. The van der Waals surface area contributed by atoms with Crippen molar-refractivity contribution in [3.8, 4) is 0 Å². The van der Waals surface area contributed by atoms with Crippen LogP contribution >= 0.6 is 11.6 Å². The highest BCUT2D eigenvalue weighted by Crippen LogP contribution is 2.39. The average molecular weight is 629 g/mol. The summed E-state index contributed by atoms with van der Waals surface area (Å²) >= 11 is 6.84. The largest absolute Gasteiger partial charge is 0.379 e. The summed E-state index contributed by atoms with van der Waals surface area (Å²) in [7, 11) is 0. The van der Waals surface area contributed by atoms with Crippen molar-refractivity contribution in [2.45, 2.75) is 135 Å². The Labute approximate surface area is 272 Å². The van der Waals surface area contributed by atoms with Gasteiger partial charge in [0.25, 0.3) is 0 Å². The van der Waals surface area contributed by atoms with E-state index in [1.165, 1.54) is 36.0 Å². The molecule has 5 atom stereocenters. The van der Waals surface area contributed by atoms with Crippen LogP contribution in [0.3, 0.4) is 0 Å². The van der Waals surface area contributed by atoms with Gasteiger partial charge in [0, 0.05) is 31.5 Å². The first kappa shape index (κ1) is 35.4. The van der Waals surface area contributed by atoms with Crippen LogP contribution in [-0.4, -0.2) is 57.5 Å². The number of hydrogen-bond acceptors (Lipinski definition) is 5. The summed E-state index contributed by atoms with van der Waals surface area (Å²) in [5.41, 5.74) is 6.47. The van der Waals surface area contributed by atoms with Crippen LogP contribution in [0.2, 0.25) is 5.02 Å². The van der Waals surface area contributed by atoms with Gasteiger partial charge in [0.1, 0.15) is 30.5 Å². The third kappa shape index (κ3) is 10.0. The first-order chi connectivity index (χ1) is 21.6. The topological polar surface area (TPSA) is 46.2 Å². The van der Waals surface area contributed by atoms with Gasteiger partial charge in [-0.15, -0.1) is 0 Å². The predicted molar refractivity (Wildman–Crippen MR) is 180 cm³/mol. The maximum Gasteiger partial charge on any atom is 0.117 e. The van der Waals surface area contributed by atoms with Crippen molar-refractivity contribution < 1.29 is 23.7 Å². The highest BCUT2D eigenvalue weighted by molar-refractivity contribution is 6.31. The number of hydrogen-bond donors (Lipinski definition) is 0. The second kappa shape index (κ2) is 19.3. The molecule has 246 valence electrons. The third-order valence-corrected chi connectivity index (χ3v) is 9.31. The van der Waals surface area contributed by atoms with Crippen molar-refractivity contribution in [1.82, 2.24) is 0 Å². The minimum absolute atomic E-state index is 0.260. The summed E-state index contributed by atoms with van der Waals surface area (Å²) in [5, 5.41) is 0.782. The second-order valence-corrected chi connectivity index (χ2v) is 13.0. The van der Waals surface area contributed by atoms with Gasteiger partial charge in [-0.1, -0.05) is 95.3 Å². The molecule has 0 saturated carbocycles. The maximum atomic E-state index is 6.98. The fourth-order valence-corrected chi connectivity index (χ4v) is 6.47. The van der Waals surface area contributed by atoms with Gasteiger partial charge < -0.3 is 23.7 Å². The first-order valence-corrected chi connectivity index (χ1v) is 17.9. The van der Waals surface area contributed by atoms with Gasteiger partial charge in [0.05, 0.1) is 6.61 Å². The van der Waals surface area contributed by atoms with Crippen molar-refractivity contribution in [1.29, 1.82) is 0 Å². The zero-order valence-electron chi connectivity index (χ0n) is 27.8. The molecule has 2 aromatic rings. The zero-order chi connectivity index (χ0) is 31.1. The maximum absolute atomic E-state index is 6.98. The monoisotopic (exact) mass is 628 g/mol. The van der Waals surface area contributed by atoms with Crippen molar-refractivity contribution in [2.24, 2.45) is 0 Å². The fourth-order valence-electron chi connectivity index (χ4n) is 6.29. The number of unbranched alkanes of at least 4 members (excludes halogenated alkanes) is 4. The van der Waals surface area contributed by atoms with Crippen molar-refractivity contribution >= 4 is 11.6 Å². The molecular formula is C38H57ClO5. The Kier molecular flexibility index (Phi) is 15.5. The van der Waals surface area contributed by atoms with Crippen molar-refractivity contribution in [2.75, 3.05) is 33.0 Å². The van der Waals surface area contributed by atoms with E-state index in [9.17, 15) is 0 Å². The number of rotatable bonds is 20. The number of benzene rings is 2. The van der Waals surface area contributed by atoms with Gasteiger partial charge in [-0.05, 0) is 85.3 Å². The molecule has 0 unspecified atom stereocenters. The lowest BCUT2D eigenvalue weighted by molar-refractivity contribution is -0.268. The third-order valence-electron chi connectivity index (χ3n) is 8.94. The fraction of sp³-hybridized carbons (Fsp3) is 0.684. The van der Waals surface area contributed by atoms with E-state index in [1.54, 1.807) is 0 Å². The molecule has 0 amide bonds. The Morgan fingerprint density at radius 3 is 2.05 bits per heavy atom. The molecule has 5 nitrogen and oxygen atoms in total. The van der Waals surface area contributed by atoms with Gasteiger partial charge >= 0.3 is 0 Å². The van der Waals surface area contributed by atoms with Gasteiger partial charge in [-0.2, -0.15) is 0 Å². The molecule has 2 aromatic carbocycles. The van der Waals surface area contributed by atoms with Crippen LogP contribution in [0.1, 0.15) is 119 Å². The molecule has 1 aliphatic heterocycles. The van der Waals surface area contributed by atoms with Crippen LogP contribution < -0.4 is 0 Å². The molecular weight excluding hydrogens is 572 g/mol. The van der Waals surface area contributed by atoms with Gasteiger partial charge in [0.15, 0.2) is 0 Å². The van der Waals surface area contributed by atoms with Crippen LogP contribution in [0, 0.1) is 0 Å². The molecule has 1 heterocycles. The lowest BCUT2D eigenvalue weighted by Gasteiger charge is -2.46. The average Bonchev–Trinajstić information content (AvgIpc) is 3.50. The summed E-state index contributed by atoms with van der Waals surface area (Å²) < 4.78 is 33.1. The standard InChI is InChI=1S/C38H57ClO5/c1-5-9-20-40-27-34-36(41-21-10-6-2)38(43-23-12-8-4)37(42-22-11-7-3)35(44-34)31-18-19-33(39)32(26-31)25-28-16-17-29-14-13-15-30(29)24-28/h16-19,24,26,34-38H,5-15,20-23,25,27H2,1-4H3/t34-,35+,36-,37+,38+/m1/s1. The van der Waals surface area contributed by atoms with E-state index in [-0.39, 0.29) is 30.5 Å². The summed E-state index contributed by atoms with van der Waals surface area (Å²) in [6.07, 6.45) is 11.3. The van der Waals surface area contributed by atoms with E-state index in [0.717, 1.165) is 73.9 Å². The highest BCUT2D eigenvalue weighted by atomic mass is 35.5. The Morgan fingerprint density at radius 2 is 1.34 bits per heavy atom. The Bertz CT molecular complexity index is 1110. The quantitative estimate of drug-likeness (QED) is 0.137. The lowest BCUT2D eigenvalue weighted by Crippen LogP contribution is -2.58. The minimum Gasteiger partial charge on any atom is -0.379 e. The SMILES string of the molecule is CCCCOC[C@H]1O[C@@H](c2ccc(Cl)c(Cc3ccc4c(c3)CCC4)c2)[C@H](OCCCC)[C@@H](OCCCC)[C@@H]1OCCCC. The van der Waals surface area contributed by atoms with Gasteiger partial charge in [-0.25, -0.2) is 0 Å². The Morgan fingerprint density at radius 1 is 0.705 bits per heavy atom. The molecule has 1 fully saturated rings. The Hall–Kier alpha value is -1.47. The normalized spacial score (nSPS) is 23.2. The number of ether oxygens (including phenoxy) is 5. The van der Waals surface area contributed by atoms with Crippen LogP contribution in [0.15, 0.2) is 36.4 Å². The molecule has 0 N–H and O–H groups in total. The minimum atomic E-state index is -0.319. The molecule has 4 rings (SSSR count). The molecule has 0 bridgehead atoms. The molecule has 6 heteroatoms. The van der Waals surface area contributed by atoms with Crippen molar-refractivity contribution in [3.63, 3.8) is 0 Å². The number of aryl methyl sites for hydroxylation is 2. The highest BCUT2D eigenvalue weighted by Gasteiger charge is 2.48. The van der Waals surface area contributed by atoms with E-state index < -0.39 is 0 Å². The summed E-state index contributed by atoms with van der Waals surface area (Å²) in [6, 6.07) is 13.3. The van der Waals surface area contributed by atoms with Gasteiger partial charge in [0.2, 0.25) is 0 Å². The van der Waals surface area contributed by atoms with E-state index in [2.05, 4.69) is 58.0 Å². The first-order valence-electron chi connectivity index (χ1n) is 17.6. The lowest BCUT2D eigenvalue weighted by atomic mass is 9.89. The molecule has 2 aliphatic rings. The van der Waals surface area contributed by atoms with E-state index in [4.69, 9.17) is 35.3 Å². The second-order valence-electron chi connectivity index (χ2n) is 12.6. The Balaban J connectivity index is 1.66. The van der Waals surface area contributed by atoms with Crippen LogP contribution in [0.5, 0.6) is 0 Å². The molecule has 1 aliphatic carbocycles. The van der Waals surface area contributed by atoms with E-state index >= 15 is 0 Å². The smallest absolute Gasteiger partial charge is 0.117 e. The molecule has 0 radical (unpaired) electrons. The zero-order valence-corrected chi connectivity index (χ0v) is 28.5. The summed E-state index contributed by atoms with van der Waals surface area (Å²) in [4.78, 5) is 0. The van der Waals surface area contributed by atoms with Crippen LogP contribution in [0.4, 0.5) is 0 Å². The van der Waals surface area contributed by atoms with Crippen LogP contribution in [-0.2, 0) is 42.9 Å². The molecule has 44 heavy (non-hydrogen) atoms. The van der Waals surface area contributed by atoms with Gasteiger partial charge in [-0.3, -0.25) is 0 Å². The van der Waals surface area contributed by atoms with E-state index in [1.807, 2.05) is 6.07 Å². The van der Waals surface area contributed by atoms with E-state index in [0.29, 0.717) is 33.0 Å². The van der Waals surface area contributed by atoms with Crippen LogP contribution in [0.25, 0.3) is 0 Å². The summed E-state index contributed by atoms with van der Waals surface area (Å²) in [5.74, 6) is 0. The molecule has 1 saturated heterocycles.